The van der Waals surface area contributed by atoms with Crippen molar-refractivity contribution in [3.63, 3.8) is 0 Å². The van der Waals surface area contributed by atoms with E-state index in [0.29, 0.717) is 30.8 Å². The molecule has 21 heavy (non-hydrogen) atoms. The summed E-state index contributed by atoms with van der Waals surface area (Å²) in [5, 5.41) is 2.75. The summed E-state index contributed by atoms with van der Waals surface area (Å²) >= 11 is 3.33. The third-order valence-electron chi connectivity index (χ3n) is 3.06. The quantitative estimate of drug-likeness (QED) is 0.873. The summed E-state index contributed by atoms with van der Waals surface area (Å²) < 4.78 is 28.7. The summed E-state index contributed by atoms with van der Waals surface area (Å²) in [6.07, 6.45) is 2.20. The first kappa shape index (κ1) is 15.7. The number of carbonyl (C=O) groups is 1. The van der Waals surface area contributed by atoms with Crippen molar-refractivity contribution >= 4 is 21.8 Å². The molecular formula is C15H15BrF2N2O. The number of halogens is 3. The van der Waals surface area contributed by atoms with Crippen LogP contribution in [0.15, 0.2) is 34.9 Å². The van der Waals surface area contributed by atoms with Gasteiger partial charge < -0.3 is 9.88 Å². The average molecular weight is 357 g/mol. The van der Waals surface area contributed by atoms with Gasteiger partial charge in [0.15, 0.2) is 0 Å². The second kappa shape index (κ2) is 6.85. The standard InChI is InChI=1S/C15H15BrF2N2O/c1-2-20-9-11(16)7-14(20)15(21)19-4-3-10-5-12(17)8-13(18)6-10/h5-9H,2-4H2,1H3,(H,19,21). The molecule has 2 aromatic rings. The number of aryl methyl sites for hydroxylation is 1. The Hall–Kier alpha value is -1.69. The van der Waals surface area contributed by atoms with Gasteiger partial charge in [-0.15, -0.1) is 0 Å². The Morgan fingerprint density at radius 3 is 2.52 bits per heavy atom. The molecule has 0 spiro atoms. The fourth-order valence-electron chi connectivity index (χ4n) is 2.09. The van der Waals surface area contributed by atoms with E-state index in [9.17, 15) is 13.6 Å². The molecule has 112 valence electrons. The normalized spacial score (nSPS) is 10.7. The van der Waals surface area contributed by atoms with Crippen LogP contribution < -0.4 is 5.32 Å². The fourth-order valence-corrected chi connectivity index (χ4v) is 2.56. The van der Waals surface area contributed by atoms with Gasteiger partial charge >= 0.3 is 0 Å². The fraction of sp³-hybridized carbons (Fsp3) is 0.267. The second-order valence-corrected chi connectivity index (χ2v) is 5.53. The molecule has 1 heterocycles. The third-order valence-corrected chi connectivity index (χ3v) is 3.49. The molecule has 0 fully saturated rings. The van der Waals surface area contributed by atoms with Crippen LogP contribution in [0, 0.1) is 11.6 Å². The van der Waals surface area contributed by atoms with Gasteiger partial charge in [-0.05, 0) is 53.0 Å². The topological polar surface area (TPSA) is 34.0 Å². The van der Waals surface area contributed by atoms with Gasteiger partial charge in [0.1, 0.15) is 17.3 Å². The molecule has 2 rings (SSSR count). The van der Waals surface area contributed by atoms with Gasteiger partial charge in [-0.25, -0.2) is 8.78 Å². The predicted octanol–water partition coefficient (Wildman–Crippen LogP) is 3.52. The number of hydrogen-bond acceptors (Lipinski definition) is 1. The minimum absolute atomic E-state index is 0.209. The Labute approximate surface area is 130 Å². The molecule has 1 aromatic heterocycles. The van der Waals surface area contributed by atoms with Crippen molar-refractivity contribution in [2.75, 3.05) is 6.54 Å². The molecule has 0 atom stereocenters. The monoisotopic (exact) mass is 356 g/mol. The van der Waals surface area contributed by atoms with Crippen LogP contribution in [0.4, 0.5) is 8.78 Å². The van der Waals surface area contributed by atoms with E-state index in [0.717, 1.165) is 10.5 Å². The maximum atomic E-state index is 13.0. The number of hydrogen-bond donors (Lipinski definition) is 1. The van der Waals surface area contributed by atoms with Crippen molar-refractivity contribution in [3.05, 3.63) is 57.8 Å². The summed E-state index contributed by atoms with van der Waals surface area (Å²) in [5.41, 5.74) is 1.06. The first-order valence-electron chi connectivity index (χ1n) is 6.58. The van der Waals surface area contributed by atoms with E-state index >= 15 is 0 Å². The molecule has 0 aliphatic heterocycles. The van der Waals surface area contributed by atoms with Crippen molar-refractivity contribution in [2.45, 2.75) is 19.9 Å². The van der Waals surface area contributed by atoms with E-state index in [4.69, 9.17) is 0 Å². The van der Waals surface area contributed by atoms with E-state index in [1.54, 1.807) is 6.07 Å². The van der Waals surface area contributed by atoms with Gasteiger partial charge in [-0.2, -0.15) is 0 Å². The lowest BCUT2D eigenvalue weighted by Gasteiger charge is -2.08. The van der Waals surface area contributed by atoms with E-state index in [-0.39, 0.29) is 5.91 Å². The van der Waals surface area contributed by atoms with Crippen molar-refractivity contribution in [1.29, 1.82) is 0 Å². The Bertz CT molecular complexity index is 635. The smallest absolute Gasteiger partial charge is 0.267 e. The van der Waals surface area contributed by atoms with Gasteiger partial charge in [0.2, 0.25) is 0 Å². The van der Waals surface area contributed by atoms with Gasteiger partial charge in [0.05, 0.1) is 0 Å². The van der Waals surface area contributed by atoms with E-state index in [2.05, 4.69) is 21.2 Å². The summed E-state index contributed by atoms with van der Waals surface area (Å²) in [7, 11) is 0. The van der Waals surface area contributed by atoms with Crippen LogP contribution in [-0.2, 0) is 13.0 Å². The molecular weight excluding hydrogens is 342 g/mol. The molecule has 6 heteroatoms. The number of nitrogens with one attached hydrogen (secondary N) is 1. The Balaban J connectivity index is 1.95. The highest BCUT2D eigenvalue weighted by atomic mass is 79.9. The lowest BCUT2D eigenvalue weighted by atomic mass is 10.1. The van der Waals surface area contributed by atoms with Crippen LogP contribution >= 0.6 is 15.9 Å². The molecule has 3 nitrogen and oxygen atoms in total. The predicted molar refractivity (Wildman–Crippen MR) is 80.2 cm³/mol. The van der Waals surface area contributed by atoms with Crippen LogP contribution in [0.2, 0.25) is 0 Å². The minimum atomic E-state index is -0.611. The zero-order chi connectivity index (χ0) is 15.4. The maximum absolute atomic E-state index is 13.0. The van der Waals surface area contributed by atoms with Crippen LogP contribution in [-0.4, -0.2) is 17.0 Å². The Morgan fingerprint density at radius 1 is 1.24 bits per heavy atom. The van der Waals surface area contributed by atoms with Crippen LogP contribution in [0.5, 0.6) is 0 Å². The third kappa shape index (κ3) is 4.14. The summed E-state index contributed by atoms with van der Waals surface area (Å²) in [5.74, 6) is -1.43. The van der Waals surface area contributed by atoms with Crippen molar-refractivity contribution < 1.29 is 13.6 Å². The Kier molecular flexibility index (Phi) is 5.12. The highest BCUT2D eigenvalue weighted by Crippen LogP contribution is 2.15. The van der Waals surface area contributed by atoms with Crippen LogP contribution in [0.3, 0.4) is 0 Å². The van der Waals surface area contributed by atoms with Crippen molar-refractivity contribution in [3.8, 4) is 0 Å². The largest absolute Gasteiger partial charge is 0.350 e. The molecule has 0 aliphatic rings. The van der Waals surface area contributed by atoms with Gasteiger partial charge in [0.25, 0.3) is 5.91 Å². The molecule has 0 saturated heterocycles. The first-order valence-corrected chi connectivity index (χ1v) is 7.37. The van der Waals surface area contributed by atoms with Crippen molar-refractivity contribution in [1.82, 2.24) is 9.88 Å². The number of nitrogens with zero attached hydrogens (tertiary/aromatic N) is 1. The second-order valence-electron chi connectivity index (χ2n) is 4.61. The number of benzene rings is 1. The van der Waals surface area contributed by atoms with E-state index in [1.807, 2.05) is 17.7 Å². The molecule has 0 unspecified atom stereocenters. The first-order chi connectivity index (χ1) is 9.99. The molecule has 1 aromatic carbocycles. The van der Waals surface area contributed by atoms with Crippen LogP contribution in [0.25, 0.3) is 0 Å². The van der Waals surface area contributed by atoms with Gasteiger partial charge in [-0.3, -0.25) is 4.79 Å². The zero-order valence-electron chi connectivity index (χ0n) is 11.5. The summed E-state index contributed by atoms with van der Waals surface area (Å²) in [6, 6.07) is 5.09. The summed E-state index contributed by atoms with van der Waals surface area (Å²) in [4.78, 5) is 12.1. The molecule has 0 saturated carbocycles. The summed E-state index contributed by atoms with van der Waals surface area (Å²) in [6.45, 7) is 2.94. The molecule has 1 N–H and O–H groups in total. The number of carbonyl (C=O) groups excluding carboxylic acids is 1. The number of amides is 1. The number of aromatic nitrogens is 1. The number of rotatable bonds is 5. The highest BCUT2D eigenvalue weighted by Gasteiger charge is 2.11. The highest BCUT2D eigenvalue weighted by molar-refractivity contribution is 9.10. The van der Waals surface area contributed by atoms with Gasteiger partial charge in [0, 0.05) is 29.8 Å². The molecule has 0 bridgehead atoms. The van der Waals surface area contributed by atoms with E-state index in [1.165, 1.54) is 12.1 Å². The molecule has 1 amide bonds. The lowest BCUT2D eigenvalue weighted by molar-refractivity contribution is 0.0945. The molecule has 0 aliphatic carbocycles. The zero-order valence-corrected chi connectivity index (χ0v) is 13.1. The van der Waals surface area contributed by atoms with Gasteiger partial charge in [-0.1, -0.05) is 0 Å². The Morgan fingerprint density at radius 2 is 1.90 bits per heavy atom. The lowest BCUT2D eigenvalue weighted by Crippen LogP contribution is -2.27. The van der Waals surface area contributed by atoms with Crippen LogP contribution in [0.1, 0.15) is 23.0 Å². The average Bonchev–Trinajstić information content (AvgIpc) is 2.79. The SMILES string of the molecule is CCn1cc(Br)cc1C(=O)NCCc1cc(F)cc(F)c1. The molecule has 0 radical (unpaired) electrons. The van der Waals surface area contributed by atoms with E-state index < -0.39 is 11.6 Å². The van der Waals surface area contributed by atoms with Crippen molar-refractivity contribution in [2.24, 2.45) is 0 Å². The minimum Gasteiger partial charge on any atom is -0.350 e. The maximum Gasteiger partial charge on any atom is 0.267 e.